The van der Waals surface area contributed by atoms with Crippen molar-refractivity contribution in [3.63, 3.8) is 0 Å². The van der Waals surface area contributed by atoms with E-state index in [0.717, 1.165) is 42.6 Å². The highest BCUT2D eigenvalue weighted by Gasteiger charge is 2.57. The molecule has 3 heterocycles. The van der Waals surface area contributed by atoms with Crippen molar-refractivity contribution < 1.29 is 103 Å². The van der Waals surface area contributed by atoms with Gasteiger partial charge in [0.25, 0.3) is 0 Å². The average molecular weight is 1470 g/mol. The number of hydrogen-bond donors (Lipinski definition) is 0. The summed E-state index contributed by atoms with van der Waals surface area (Å²) in [6.07, 6.45) is 7.26. The summed E-state index contributed by atoms with van der Waals surface area (Å²) in [5, 5.41) is 0. The van der Waals surface area contributed by atoms with Crippen LogP contribution in [0.4, 0.5) is 8.63 Å². The minimum atomic E-state index is -4.51. The molecular formula is C59H79BF2I3N3O13. The molecule has 0 radical (unpaired) electrons. The summed E-state index contributed by atoms with van der Waals surface area (Å²) in [5.41, 5.74) is 6.14. The van der Waals surface area contributed by atoms with Gasteiger partial charge in [-0.3, -0.25) is 0 Å². The number of quaternary nitrogens is 1. The highest BCUT2D eigenvalue weighted by atomic mass is 127. The molecule has 6 rings (SSSR count). The van der Waals surface area contributed by atoms with E-state index >= 15 is 8.63 Å². The second-order valence-corrected chi connectivity index (χ2v) is 21.7. The van der Waals surface area contributed by atoms with Crippen LogP contribution in [0.25, 0.3) is 23.8 Å². The maximum Gasteiger partial charge on any atom is 0.737 e. The van der Waals surface area contributed by atoms with Gasteiger partial charge in [0.05, 0.1) is 129 Å². The number of hydrogen-bond acceptors (Lipinski definition) is 13. The van der Waals surface area contributed by atoms with Crippen LogP contribution in [-0.2, 0) is 42.6 Å². The first-order chi connectivity index (χ1) is 38.7. The van der Waals surface area contributed by atoms with Crippen molar-refractivity contribution in [3.8, 4) is 23.0 Å². The molecule has 0 atom stereocenters. The molecule has 0 saturated carbocycles. The van der Waals surface area contributed by atoms with Gasteiger partial charge in [-0.05, 0) is 130 Å². The fraction of sp³-hybridized carbons (Fsp3) is 0.475. The topological polar surface area (TPSA) is 128 Å². The molecule has 2 aliphatic heterocycles. The molecule has 4 aromatic rings. The number of likely N-dealkylation sites (N-methyl/N-ethyl adjacent to an activating group) is 1. The van der Waals surface area contributed by atoms with Gasteiger partial charge in [0.2, 0.25) is 0 Å². The molecule has 3 aromatic carbocycles. The normalized spacial score (nSPS) is 14.1. The second-order valence-electron chi connectivity index (χ2n) is 19.6. The van der Waals surface area contributed by atoms with E-state index in [1.54, 1.807) is 33.5 Å². The monoisotopic (exact) mass is 1470 g/mol. The van der Waals surface area contributed by atoms with E-state index in [9.17, 15) is 0 Å². The predicted molar refractivity (Wildman–Crippen MR) is 326 cm³/mol. The number of fused-ring (bicyclic) bond motifs is 2. The summed E-state index contributed by atoms with van der Waals surface area (Å²) in [4.78, 5) is 0. The number of rotatable bonds is 39. The molecule has 22 heteroatoms. The molecule has 0 amide bonds. The lowest BCUT2D eigenvalue weighted by Gasteiger charge is -2.34. The fourth-order valence-corrected chi connectivity index (χ4v) is 9.94. The third-order valence-electron chi connectivity index (χ3n) is 12.7. The first-order valence-corrected chi connectivity index (χ1v) is 29.0. The van der Waals surface area contributed by atoms with Crippen LogP contribution >= 0.6 is 45.2 Å². The Labute approximate surface area is 521 Å². The highest BCUT2D eigenvalue weighted by Crippen LogP contribution is 2.48. The first kappa shape index (κ1) is 68.3. The van der Waals surface area contributed by atoms with E-state index in [1.807, 2.05) is 92.7 Å². The lowest BCUT2D eigenvalue weighted by molar-refractivity contribution is -0.870. The van der Waals surface area contributed by atoms with Crippen molar-refractivity contribution >= 4 is 81.7 Å². The summed E-state index contributed by atoms with van der Waals surface area (Å²) in [6, 6.07) is 20.8. The molecule has 0 bridgehead atoms. The predicted octanol–water partition coefficient (Wildman–Crippen LogP) is 6.72. The highest BCUT2D eigenvalue weighted by molar-refractivity contribution is 14.1. The summed E-state index contributed by atoms with van der Waals surface area (Å²) in [7, 11) is 11.2. The van der Waals surface area contributed by atoms with Gasteiger partial charge in [0.1, 0.15) is 44.5 Å². The van der Waals surface area contributed by atoms with E-state index in [1.165, 1.54) is 8.96 Å². The number of benzene rings is 3. The molecule has 16 nitrogen and oxygen atoms in total. The molecule has 0 aliphatic carbocycles. The van der Waals surface area contributed by atoms with E-state index in [2.05, 4.69) is 66.3 Å². The summed E-state index contributed by atoms with van der Waals surface area (Å²) in [6.45, 7) is 8.13. The van der Waals surface area contributed by atoms with Gasteiger partial charge in [-0.1, -0.05) is 36.4 Å². The van der Waals surface area contributed by atoms with E-state index in [0.29, 0.717) is 167 Å². The van der Waals surface area contributed by atoms with Crippen LogP contribution in [0.1, 0.15) is 40.6 Å². The molecule has 81 heavy (non-hydrogen) atoms. The quantitative estimate of drug-likeness (QED) is 0.0203. The Balaban J connectivity index is 0.0000120. The van der Waals surface area contributed by atoms with Gasteiger partial charge in [-0.2, -0.15) is 0 Å². The molecule has 0 saturated heterocycles. The maximum atomic E-state index is 18.3. The fourth-order valence-electron chi connectivity index (χ4n) is 8.55. The maximum absolute atomic E-state index is 18.3. The van der Waals surface area contributed by atoms with Crippen molar-refractivity contribution in [1.82, 2.24) is 4.48 Å². The number of aromatic nitrogens is 1. The van der Waals surface area contributed by atoms with Gasteiger partial charge in [-0.25, -0.2) is 0 Å². The molecule has 1 aromatic heterocycles. The Morgan fingerprint density at radius 2 is 0.975 bits per heavy atom. The Hall–Kier alpha value is -3.52. The Bertz CT molecular complexity index is 2730. The number of ether oxygens (including phenoxy) is 13. The largest absolute Gasteiger partial charge is 1.00 e. The molecule has 0 spiro atoms. The van der Waals surface area contributed by atoms with Crippen LogP contribution in [-0.4, -0.2) is 201 Å². The third kappa shape index (κ3) is 20.6. The zero-order chi connectivity index (χ0) is 57.3. The number of methoxy groups -OCH3 is 3. The van der Waals surface area contributed by atoms with E-state index in [-0.39, 0.29) is 37.2 Å². The lowest BCUT2D eigenvalue weighted by Crippen LogP contribution is -3.00. The van der Waals surface area contributed by atoms with Crippen molar-refractivity contribution in [2.75, 3.05) is 175 Å². The van der Waals surface area contributed by atoms with Gasteiger partial charge < -0.3 is 108 Å². The van der Waals surface area contributed by atoms with Crippen LogP contribution in [0.3, 0.4) is 0 Å². The van der Waals surface area contributed by atoms with Crippen LogP contribution in [0, 0.1) is 10.5 Å². The zero-order valence-corrected chi connectivity index (χ0v) is 54.4. The zero-order valence-electron chi connectivity index (χ0n) is 47.9. The standard InChI is InChI=1S/C59H79BF2I2N3O13.HI/c1-44-56(63)51(20-11-46-9-16-49(17-10-46)77-24-23-67(3,4)5)65-58(44)55(48-14-18-50(19-15-48)78-40-37-74-34-31-71-28-25-68-6)59-45(2)57(64)52(66(59)60(65,61)62)21-12-47-13-22-53(79-41-38-75-35-32-72-29-26-69-7)54(43-47)80-42-39-76-36-33-73-30-27-70-8;/h9-22,43H,23-42H2,1-8H3;1H/q+1;/p-1/b20-11+,21-12+;. The van der Waals surface area contributed by atoms with Gasteiger partial charge in [0, 0.05) is 47.9 Å². The molecule has 2 aliphatic rings. The SMILES string of the molecule is COCCOCCOCCOc1ccc(C2=C3C(C)=C(I)C(/C=C/c4ccc(OCC[N+](C)(C)C)cc4)=[N+]3[B-](F)(F)n3c(/C=C/c4ccc(OCCOCCOCCOC)c(OCCOCCOCCOC)c4)c(I)c(C)c32)cc1.[I-]. The van der Waals surface area contributed by atoms with Crippen molar-refractivity contribution in [2.45, 2.75) is 13.8 Å². The van der Waals surface area contributed by atoms with E-state index < -0.39 is 6.97 Å². The number of allylic oxidation sites excluding steroid dienone is 3. The minimum Gasteiger partial charge on any atom is -1.00 e. The Morgan fingerprint density at radius 1 is 0.531 bits per heavy atom. The molecule has 0 N–H and O–H groups in total. The Kier molecular flexibility index (Phi) is 30.1. The first-order valence-electron chi connectivity index (χ1n) is 26.9. The summed E-state index contributed by atoms with van der Waals surface area (Å²) < 4.78 is 115. The minimum absolute atomic E-state index is 0. The van der Waals surface area contributed by atoms with Gasteiger partial charge >= 0.3 is 6.97 Å². The molecular weight excluding hydrogens is 1390 g/mol. The number of halogens is 5. The smallest absolute Gasteiger partial charge is 0.737 e. The van der Waals surface area contributed by atoms with E-state index in [4.69, 9.17) is 61.6 Å². The average Bonchev–Trinajstić information content (AvgIpc) is 4.11. The lowest BCUT2D eigenvalue weighted by atomic mass is 9.83. The van der Waals surface area contributed by atoms with Crippen molar-refractivity contribution in [3.05, 3.63) is 125 Å². The van der Waals surface area contributed by atoms with Crippen molar-refractivity contribution in [1.29, 1.82) is 0 Å². The summed E-state index contributed by atoms with van der Waals surface area (Å²) in [5.74, 6) is 2.34. The van der Waals surface area contributed by atoms with Gasteiger partial charge in [-0.15, -0.1) is 0 Å². The van der Waals surface area contributed by atoms with Crippen LogP contribution in [0.2, 0.25) is 0 Å². The second kappa shape index (κ2) is 35.7. The number of nitrogens with zero attached hydrogens (tertiary/aromatic N) is 3. The van der Waals surface area contributed by atoms with Crippen molar-refractivity contribution in [2.24, 2.45) is 0 Å². The molecule has 0 fully saturated rings. The molecule has 446 valence electrons. The summed E-state index contributed by atoms with van der Waals surface area (Å²) >= 11 is 4.42. The van der Waals surface area contributed by atoms with Crippen LogP contribution in [0.15, 0.2) is 87.7 Å². The Morgan fingerprint density at radius 3 is 1.49 bits per heavy atom. The van der Waals surface area contributed by atoms with Gasteiger partial charge in [0.15, 0.2) is 22.9 Å². The third-order valence-corrected chi connectivity index (χ3v) is 15.4. The van der Waals surface area contributed by atoms with Crippen LogP contribution in [0.5, 0.6) is 23.0 Å². The van der Waals surface area contributed by atoms with Crippen LogP contribution < -0.4 is 42.9 Å². The molecule has 0 unspecified atom stereocenters.